The molecule has 0 aliphatic rings. The minimum Gasteiger partial charge on any atom is -0.497 e. The van der Waals surface area contributed by atoms with E-state index in [4.69, 9.17) is 4.74 Å². The van der Waals surface area contributed by atoms with Crippen molar-refractivity contribution >= 4 is 33.1 Å². The minimum atomic E-state index is -3.88. The molecule has 0 bridgehead atoms. The number of aryl methyl sites for hydroxylation is 1. The summed E-state index contributed by atoms with van der Waals surface area (Å²) in [5.41, 5.74) is 1.80. The smallest absolute Gasteiger partial charge is 0.262 e. The Labute approximate surface area is 187 Å². The van der Waals surface area contributed by atoms with Crippen molar-refractivity contribution in [3.05, 3.63) is 83.9 Å². The highest BCUT2D eigenvalue weighted by Crippen LogP contribution is 2.24. The molecule has 0 spiro atoms. The van der Waals surface area contributed by atoms with Gasteiger partial charge in [-0.15, -0.1) is 0 Å². The Balaban J connectivity index is 1.67. The molecule has 2 N–H and O–H groups in total. The molecule has 0 unspecified atom stereocenters. The number of Topliss-reactive ketones (excluding diaryl/α,β-unsaturated/α-hetero) is 1. The van der Waals surface area contributed by atoms with Gasteiger partial charge in [0.2, 0.25) is 5.91 Å². The maximum Gasteiger partial charge on any atom is 0.262 e. The Morgan fingerprint density at radius 1 is 0.875 bits per heavy atom. The highest BCUT2D eigenvalue weighted by atomic mass is 32.2. The first-order valence-electron chi connectivity index (χ1n) is 9.94. The predicted octanol–water partition coefficient (Wildman–Crippen LogP) is 4.41. The summed E-state index contributed by atoms with van der Waals surface area (Å²) in [6.45, 7) is 1.67. The van der Waals surface area contributed by atoms with Crippen LogP contribution in [0.5, 0.6) is 5.75 Å². The molecule has 0 aliphatic heterocycles. The lowest BCUT2D eigenvalue weighted by atomic mass is 10.1. The summed E-state index contributed by atoms with van der Waals surface area (Å²) in [4.78, 5) is 24.5. The maximum atomic E-state index is 12.9. The number of sulfonamides is 1. The Bertz CT molecular complexity index is 1210. The Morgan fingerprint density at radius 2 is 1.53 bits per heavy atom. The first-order valence-corrected chi connectivity index (χ1v) is 11.4. The van der Waals surface area contributed by atoms with E-state index in [2.05, 4.69) is 10.0 Å². The van der Waals surface area contributed by atoms with Gasteiger partial charge in [0.05, 0.1) is 12.0 Å². The van der Waals surface area contributed by atoms with Crippen LogP contribution in [-0.4, -0.2) is 27.2 Å². The largest absolute Gasteiger partial charge is 0.497 e. The van der Waals surface area contributed by atoms with E-state index in [1.165, 1.54) is 13.2 Å². The number of carbonyl (C=O) groups excluding carboxylic acids is 2. The number of hydrogen-bond acceptors (Lipinski definition) is 5. The normalized spacial score (nSPS) is 10.9. The quantitative estimate of drug-likeness (QED) is 0.469. The minimum absolute atomic E-state index is 0.00617. The van der Waals surface area contributed by atoms with Crippen LogP contribution in [0.4, 0.5) is 11.4 Å². The molecule has 3 aromatic rings. The van der Waals surface area contributed by atoms with Crippen LogP contribution in [0, 0.1) is 6.92 Å². The average molecular weight is 453 g/mol. The van der Waals surface area contributed by atoms with E-state index in [1.807, 2.05) is 6.07 Å². The van der Waals surface area contributed by atoms with Gasteiger partial charge in [-0.25, -0.2) is 8.42 Å². The second-order valence-electron chi connectivity index (χ2n) is 7.15. The van der Waals surface area contributed by atoms with Crippen LogP contribution in [0.15, 0.2) is 77.7 Å². The fourth-order valence-electron chi connectivity index (χ4n) is 3.06. The molecule has 32 heavy (non-hydrogen) atoms. The van der Waals surface area contributed by atoms with Gasteiger partial charge in [-0.3, -0.25) is 14.3 Å². The van der Waals surface area contributed by atoms with Gasteiger partial charge in [0.15, 0.2) is 5.78 Å². The summed E-state index contributed by atoms with van der Waals surface area (Å²) in [5, 5.41) is 2.67. The van der Waals surface area contributed by atoms with Gasteiger partial charge >= 0.3 is 0 Å². The number of hydrogen-bond donors (Lipinski definition) is 2. The lowest BCUT2D eigenvalue weighted by Gasteiger charge is -2.13. The number of ether oxygens (including phenoxy) is 1. The van der Waals surface area contributed by atoms with Crippen LogP contribution in [0.25, 0.3) is 0 Å². The second-order valence-corrected chi connectivity index (χ2v) is 8.80. The van der Waals surface area contributed by atoms with Crippen LogP contribution < -0.4 is 14.8 Å². The zero-order valence-electron chi connectivity index (χ0n) is 17.8. The van der Waals surface area contributed by atoms with Gasteiger partial charge in [-0.05, 0) is 48.9 Å². The molecule has 0 saturated heterocycles. The number of nitrogens with one attached hydrogen (secondary N) is 2. The number of methoxy groups -OCH3 is 1. The van der Waals surface area contributed by atoms with Crippen molar-refractivity contribution in [2.24, 2.45) is 0 Å². The highest BCUT2D eigenvalue weighted by molar-refractivity contribution is 7.92. The first kappa shape index (κ1) is 23.0. The summed E-state index contributed by atoms with van der Waals surface area (Å²) >= 11 is 0. The van der Waals surface area contributed by atoms with Gasteiger partial charge in [-0.2, -0.15) is 0 Å². The van der Waals surface area contributed by atoms with Crippen molar-refractivity contribution in [1.29, 1.82) is 0 Å². The van der Waals surface area contributed by atoms with Crippen molar-refractivity contribution in [3.8, 4) is 5.75 Å². The molecule has 0 aliphatic carbocycles. The third kappa shape index (κ3) is 5.95. The molecular formula is C24H24N2O5S. The fourth-order valence-corrected chi connectivity index (χ4v) is 4.39. The zero-order chi connectivity index (χ0) is 23.1. The van der Waals surface area contributed by atoms with Gasteiger partial charge in [0, 0.05) is 29.8 Å². The summed E-state index contributed by atoms with van der Waals surface area (Å²) in [5.74, 6) is 0.112. The first-order chi connectivity index (χ1) is 15.3. The van der Waals surface area contributed by atoms with E-state index in [0.29, 0.717) is 28.3 Å². The third-order valence-corrected chi connectivity index (χ3v) is 6.30. The topological polar surface area (TPSA) is 102 Å². The fraction of sp³-hybridized carbons (Fsp3) is 0.167. The lowest BCUT2D eigenvalue weighted by molar-refractivity contribution is -0.116. The molecule has 0 radical (unpaired) electrons. The molecule has 7 nitrogen and oxygen atoms in total. The van der Waals surface area contributed by atoms with Crippen molar-refractivity contribution in [2.45, 2.75) is 24.7 Å². The van der Waals surface area contributed by atoms with Crippen LogP contribution in [0.2, 0.25) is 0 Å². The van der Waals surface area contributed by atoms with E-state index in [1.54, 1.807) is 67.6 Å². The van der Waals surface area contributed by atoms with E-state index in [9.17, 15) is 18.0 Å². The van der Waals surface area contributed by atoms with Gasteiger partial charge in [0.25, 0.3) is 10.0 Å². The molecule has 166 valence electrons. The number of amides is 1. The van der Waals surface area contributed by atoms with Crippen molar-refractivity contribution < 1.29 is 22.7 Å². The Morgan fingerprint density at radius 3 is 2.19 bits per heavy atom. The Kier molecular flexibility index (Phi) is 7.27. The number of rotatable bonds is 9. The van der Waals surface area contributed by atoms with Crippen LogP contribution in [0.3, 0.4) is 0 Å². The monoisotopic (exact) mass is 452 g/mol. The summed E-state index contributed by atoms with van der Waals surface area (Å²) in [6.07, 6.45) is 0.0552. The van der Waals surface area contributed by atoms with Crippen molar-refractivity contribution in [2.75, 3.05) is 17.1 Å². The van der Waals surface area contributed by atoms with E-state index < -0.39 is 10.0 Å². The van der Waals surface area contributed by atoms with Gasteiger partial charge in [-0.1, -0.05) is 36.4 Å². The number of carbonyl (C=O) groups is 2. The molecule has 3 rings (SSSR count). The average Bonchev–Trinajstić information content (AvgIpc) is 2.79. The van der Waals surface area contributed by atoms with Crippen molar-refractivity contribution in [1.82, 2.24) is 0 Å². The molecule has 0 aromatic heterocycles. The standard InChI is InChI=1S/C24H24N2O5S/c1-17-8-9-20(25-24(28)15-14-22(27)18-6-4-3-5-7-18)16-23(17)32(29,30)26-19-10-12-21(31-2)13-11-19/h3-13,16,26H,14-15H2,1-2H3,(H,25,28). The number of benzene rings is 3. The summed E-state index contributed by atoms with van der Waals surface area (Å²) in [7, 11) is -2.35. The summed E-state index contributed by atoms with van der Waals surface area (Å²) < 4.78 is 33.4. The molecule has 0 fully saturated rings. The molecule has 0 heterocycles. The molecule has 0 atom stereocenters. The number of ketones is 1. The lowest BCUT2D eigenvalue weighted by Crippen LogP contribution is -2.16. The van der Waals surface area contributed by atoms with Gasteiger partial charge in [0.1, 0.15) is 5.75 Å². The van der Waals surface area contributed by atoms with E-state index in [0.717, 1.165) is 0 Å². The maximum absolute atomic E-state index is 12.9. The summed E-state index contributed by atoms with van der Waals surface area (Å²) in [6, 6.07) is 19.9. The molecule has 8 heteroatoms. The second kappa shape index (κ2) is 10.1. The number of anilines is 2. The molecule has 3 aromatic carbocycles. The van der Waals surface area contributed by atoms with E-state index >= 15 is 0 Å². The van der Waals surface area contributed by atoms with Crippen LogP contribution in [-0.2, 0) is 14.8 Å². The van der Waals surface area contributed by atoms with Gasteiger partial charge < -0.3 is 10.1 Å². The molecule has 0 saturated carbocycles. The highest BCUT2D eigenvalue weighted by Gasteiger charge is 2.18. The van der Waals surface area contributed by atoms with Crippen LogP contribution >= 0.6 is 0 Å². The molecular weight excluding hydrogens is 428 g/mol. The zero-order valence-corrected chi connectivity index (χ0v) is 18.6. The van der Waals surface area contributed by atoms with E-state index in [-0.39, 0.29) is 29.4 Å². The Hall–Kier alpha value is -3.65. The molecule has 1 amide bonds. The SMILES string of the molecule is COc1ccc(NS(=O)(=O)c2cc(NC(=O)CCC(=O)c3ccccc3)ccc2C)cc1. The third-order valence-electron chi connectivity index (χ3n) is 4.78. The predicted molar refractivity (Wildman–Crippen MR) is 124 cm³/mol. The van der Waals surface area contributed by atoms with Crippen molar-refractivity contribution in [3.63, 3.8) is 0 Å². The van der Waals surface area contributed by atoms with Crippen LogP contribution in [0.1, 0.15) is 28.8 Å².